The first kappa shape index (κ1) is 25.4. The van der Waals surface area contributed by atoms with Gasteiger partial charge in [0.05, 0.1) is 16.8 Å². The summed E-state index contributed by atoms with van der Waals surface area (Å²) in [4.78, 5) is 32.1. The zero-order valence-electron chi connectivity index (χ0n) is 21.6. The van der Waals surface area contributed by atoms with Crippen LogP contribution in [0.5, 0.6) is 0 Å². The molecule has 2 aliphatic rings. The zero-order valence-corrected chi connectivity index (χ0v) is 24.0. The summed E-state index contributed by atoms with van der Waals surface area (Å²) in [5.74, 6) is -0.197. The highest BCUT2D eigenvalue weighted by Crippen LogP contribution is 2.42. The van der Waals surface area contributed by atoms with Crippen molar-refractivity contribution >= 4 is 49.3 Å². The maximum absolute atomic E-state index is 14.6. The van der Waals surface area contributed by atoms with Gasteiger partial charge in [0.15, 0.2) is 5.54 Å². The van der Waals surface area contributed by atoms with E-state index in [1.165, 1.54) is 11.3 Å². The number of aromatic nitrogens is 1. The normalized spacial score (nSPS) is 20.1. The number of amides is 2. The smallest absolute Gasteiger partial charge is 0.272 e. The first-order valence-corrected chi connectivity index (χ1v) is 15.2. The predicted molar refractivity (Wildman–Crippen MR) is 156 cm³/mol. The van der Waals surface area contributed by atoms with Crippen molar-refractivity contribution < 1.29 is 9.59 Å². The van der Waals surface area contributed by atoms with Crippen molar-refractivity contribution in [3.8, 4) is 0 Å². The average Bonchev–Trinajstić information content (AvgIpc) is 3.49. The van der Waals surface area contributed by atoms with Crippen LogP contribution in [0.4, 0.5) is 0 Å². The van der Waals surface area contributed by atoms with Crippen molar-refractivity contribution in [3.63, 3.8) is 0 Å². The zero-order chi connectivity index (χ0) is 26.3. The third-order valence-corrected chi connectivity index (χ3v) is 9.81. The van der Waals surface area contributed by atoms with Crippen molar-refractivity contribution in [1.82, 2.24) is 14.8 Å². The van der Waals surface area contributed by atoms with Gasteiger partial charge in [-0.25, -0.2) is 0 Å². The molecule has 0 bridgehead atoms. The van der Waals surface area contributed by atoms with Gasteiger partial charge in [-0.05, 0) is 54.7 Å². The van der Waals surface area contributed by atoms with Gasteiger partial charge in [0.2, 0.25) is 0 Å². The van der Waals surface area contributed by atoms with E-state index in [1.54, 1.807) is 11.3 Å². The van der Waals surface area contributed by atoms with Crippen LogP contribution in [-0.4, -0.2) is 27.3 Å². The lowest BCUT2D eigenvalue weighted by atomic mass is 9.83. The maximum atomic E-state index is 14.6. The number of fused-ring (bicyclic) bond motifs is 3. The molecule has 3 heterocycles. The predicted octanol–water partition coefficient (Wildman–Crippen LogP) is 7.03. The number of nitrogens with zero attached hydrogens (tertiary/aromatic N) is 2. The van der Waals surface area contributed by atoms with Gasteiger partial charge >= 0.3 is 0 Å². The van der Waals surface area contributed by atoms with Gasteiger partial charge < -0.3 is 14.8 Å². The van der Waals surface area contributed by atoms with Gasteiger partial charge in [-0.3, -0.25) is 9.59 Å². The third-order valence-electron chi connectivity index (χ3n) is 8.10. The molecule has 6 rings (SSSR count). The molecule has 2 amide bonds. The van der Waals surface area contributed by atoms with Crippen molar-refractivity contribution in [2.75, 3.05) is 0 Å². The van der Waals surface area contributed by atoms with Crippen LogP contribution in [0.2, 0.25) is 0 Å². The Hall–Kier alpha value is -2.90. The fraction of sp³-hybridized carbons (Fsp3) is 0.355. The molecule has 1 fully saturated rings. The first-order chi connectivity index (χ1) is 18.5. The average molecular weight is 591 g/mol. The molecule has 1 aliphatic heterocycles. The second-order valence-corrected chi connectivity index (χ2v) is 12.6. The molecule has 196 valence electrons. The van der Waals surface area contributed by atoms with Crippen LogP contribution in [0.3, 0.4) is 0 Å². The third kappa shape index (κ3) is 4.39. The van der Waals surface area contributed by atoms with Crippen molar-refractivity contribution in [2.45, 2.75) is 70.1 Å². The SMILES string of the molecule is CCc1cc2c(cc3n2C[C@@](C(=O)NC2CCCCC2)(c2ccccc2)N(Cc2cccc(Br)c2)C3=O)s1. The standard InChI is InChI=1S/C31H32BrN3O2S/c1-2-25-17-26-28(38-25)18-27-29(36)35(19-21-10-9-13-23(32)16-21)31(20-34(26)27,22-11-5-3-6-12-22)30(37)33-24-14-7-4-8-15-24/h3,5-6,9-13,16-18,24H,2,4,7-8,14-15,19-20H2,1H3,(H,33,37)/t31-/m0/s1. The highest BCUT2D eigenvalue weighted by atomic mass is 79.9. The minimum Gasteiger partial charge on any atom is -0.351 e. The molecular formula is C31H32BrN3O2S. The van der Waals surface area contributed by atoms with E-state index in [1.807, 2.05) is 65.6 Å². The molecule has 1 aliphatic carbocycles. The summed E-state index contributed by atoms with van der Waals surface area (Å²) in [7, 11) is 0. The molecule has 1 atom stereocenters. The van der Waals surface area contributed by atoms with E-state index in [2.05, 4.69) is 38.8 Å². The van der Waals surface area contributed by atoms with E-state index < -0.39 is 5.54 Å². The van der Waals surface area contributed by atoms with Crippen LogP contribution in [0.1, 0.15) is 65.5 Å². The number of halogens is 1. The number of nitrogens with one attached hydrogen (secondary N) is 1. The van der Waals surface area contributed by atoms with Gasteiger partial charge in [0, 0.05) is 21.9 Å². The van der Waals surface area contributed by atoms with Gasteiger partial charge in [0.25, 0.3) is 11.8 Å². The number of carbonyl (C=O) groups excluding carboxylic acids is 2. The van der Waals surface area contributed by atoms with Crippen LogP contribution < -0.4 is 5.32 Å². The molecule has 1 N–H and O–H groups in total. The molecule has 5 nitrogen and oxygen atoms in total. The van der Waals surface area contributed by atoms with Gasteiger partial charge in [-0.1, -0.05) is 84.6 Å². The number of aryl methyl sites for hydroxylation is 1. The number of thiophene rings is 1. The molecular weight excluding hydrogens is 558 g/mol. The molecule has 0 spiro atoms. The lowest BCUT2D eigenvalue weighted by molar-refractivity contribution is -0.136. The van der Waals surface area contributed by atoms with Crippen molar-refractivity contribution in [2.24, 2.45) is 0 Å². The topological polar surface area (TPSA) is 54.3 Å². The maximum Gasteiger partial charge on any atom is 0.272 e. The Bertz CT molecular complexity index is 1490. The highest BCUT2D eigenvalue weighted by Gasteiger charge is 2.53. The summed E-state index contributed by atoms with van der Waals surface area (Å²) in [5.41, 5.74) is 2.35. The van der Waals surface area contributed by atoms with E-state index in [4.69, 9.17) is 0 Å². The van der Waals surface area contributed by atoms with Crippen LogP contribution in [0.15, 0.2) is 71.2 Å². The van der Waals surface area contributed by atoms with Crippen molar-refractivity contribution in [1.29, 1.82) is 0 Å². The molecule has 0 unspecified atom stereocenters. The monoisotopic (exact) mass is 589 g/mol. The van der Waals surface area contributed by atoms with Crippen LogP contribution >= 0.6 is 27.3 Å². The second-order valence-electron chi connectivity index (χ2n) is 10.5. The van der Waals surface area contributed by atoms with Crippen LogP contribution in [0, 0.1) is 0 Å². The Morgan fingerprint density at radius 2 is 1.84 bits per heavy atom. The summed E-state index contributed by atoms with van der Waals surface area (Å²) >= 11 is 5.32. The van der Waals surface area contributed by atoms with E-state index in [-0.39, 0.29) is 17.9 Å². The number of benzene rings is 2. The Morgan fingerprint density at radius 1 is 1.05 bits per heavy atom. The lowest BCUT2D eigenvalue weighted by Crippen LogP contribution is -2.64. The molecule has 38 heavy (non-hydrogen) atoms. The number of hydrogen-bond donors (Lipinski definition) is 1. The molecule has 2 aromatic heterocycles. The highest BCUT2D eigenvalue weighted by molar-refractivity contribution is 9.10. The lowest BCUT2D eigenvalue weighted by Gasteiger charge is -2.47. The Morgan fingerprint density at radius 3 is 2.58 bits per heavy atom. The summed E-state index contributed by atoms with van der Waals surface area (Å²) in [6.07, 6.45) is 6.39. The molecule has 0 saturated heterocycles. The number of hydrogen-bond acceptors (Lipinski definition) is 3. The van der Waals surface area contributed by atoms with Crippen LogP contribution in [-0.2, 0) is 29.8 Å². The van der Waals surface area contributed by atoms with E-state index in [0.29, 0.717) is 18.8 Å². The quantitative estimate of drug-likeness (QED) is 0.262. The Balaban J connectivity index is 1.53. The minimum absolute atomic E-state index is 0.0857. The number of carbonyl (C=O) groups is 2. The summed E-state index contributed by atoms with van der Waals surface area (Å²) in [6, 6.07) is 22.2. The molecule has 1 saturated carbocycles. The molecule has 2 aromatic carbocycles. The van der Waals surface area contributed by atoms with Crippen molar-refractivity contribution in [3.05, 3.63) is 92.9 Å². The number of rotatable bonds is 6. The van der Waals surface area contributed by atoms with E-state index in [0.717, 1.165) is 57.9 Å². The molecule has 7 heteroatoms. The van der Waals surface area contributed by atoms with E-state index >= 15 is 0 Å². The second kappa shape index (κ2) is 10.3. The largest absolute Gasteiger partial charge is 0.351 e. The molecule has 4 aromatic rings. The van der Waals surface area contributed by atoms with Gasteiger partial charge in [-0.2, -0.15) is 0 Å². The first-order valence-electron chi connectivity index (χ1n) is 13.5. The summed E-state index contributed by atoms with van der Waals surface area (Å²) < 4.78 is 4.15. The summed E-state index contributed by atoms with van der Waals surface area (Å²) in [6.45, 7) is 2.87. The van der Waals surface area contributed by atoms with E-state index in [9.17, 15) is 9.59 Å². The fourth-order valence-electron chi connectivity index (χ4n) is 6.10. The van der Waals surface area contributed by atoms with Crippen LogP contribution in [0.25, 0.3) is 10.2 Å². The van der Waals surface area contributed by atoms with Gasteiger partial charge in [-0.15, -0.1) is 11.3 Å². The Labute approximate surface area is 236 Å². The molecule has 0 radical (unpaired) electrons. The fourth-order valence-corrected chi connectivity index (χ4v) is 7.59. The Kier molecular flexibility index (Phi) is 6.91. The summed E-state index contributed by atoms with van der Waals surface area (Å²) in [5, 5.41) is 3.41. The minimum atomic E-state index is -1.18. The van der Waals surface area contributed by atoms with Gasteiger partial charge in [0.1, 0.15) is 5.69 Å².